The van der Waals surface area contributed by atoms with Crippen LogP contribution in [0.4, 0.5) is 31.7 Å². The van der Waals surface area contributed by atoms with Gasteiger partial charge in [-0.25, -0.2) is 18.7 Å². The Bertz CT molecular complexity index is 1500. The Morgan fingerprint density at radius 3 is 2.69 bits per heavy atom. The summed E-state index contributed by atoms with van der Waals surface area (Å²) < 4.78 is 37.2. The van der Waals surface area contributed by atoms with E-state index in [-0.39, 0.29) is 17.3 Å². The first-order valence-electron chi connectivity index (χ1n) is 12.5. The van der Waals surface area contributed by atoms with Crippen LogP contribution < -0.4 is 15.5 Å². The van der Waals surface area contributed by atoms with E-state index in [2.05, 4.69) is 32.1 Å². The molecule has 2 N–H and O–H groups in total. The minimum Gasteiger partial charge on any atom is -0.383 e. The van der Waals surface area contributed by atoms with Gasteiger partial charge >= 0.3 is 0 Å². The third-order valence-electron chi connectivity index (χ3n) is 6.66. The van der Waals surface area contributed by atoms with Crippen LogP contribution in [0.3, 0.4) is 0 Å². The summed E-state index contributed by atoms with van der Waals surface area (Å²) in [5, 5.41) is 5.63. The van der Waals surface area contributed by atoms with Gasteiger partial charge in [0, 0.05) is 51.1 Å². The van der Waals surface area contributed by atoms with E-state index in [1.54, 1.807) is 42.2 Å². The molecule has 5 rings (SSSR count). The molecule has 0 spiro atoms. The second kappa shape index (κ2) is 11.6. The highest BCUT2D eigenvalue weighted by atomic mass is 19.2. The maximum absolute atomic E-state index is 15.1. The second-order valence-corrected chi connectivity index (χ2v) is 9.13. The average Bonchev–Trinajstić information content (AvgIpc) is 3.38. The van der Waals surface area contributed by atoms with Gasteiger partial charge in [-0.2, -0.15) is 0 Å². The van der Waals surface area contributed by atoms with E-state index < -0.39 is 11.6 Å². The fourth-order valence-corrected chi connectivity index (χ4v) is 4.57. The third-order valence-corrected chi connectivity index (χ3v) is 6.66. The average molecular weight is 534 g/mol. The van der Waals surface area contributed by atoms with Crippen molar-refractivity contribution in [2.45, 2.75) is 0 Å². The molecule has 0 atom stereocenters. The van der Waals surface area contributed by atoms with Gasteiger partial charge in [-0.15, -0.1) is 0 Å². The van der Waals surface area contributed by atoms with E-state index in [1.165, 1.54) is 12.1 Å². The van der Waals surface area contributed by atoms with Crippen LogP contribution in [0.25, 0.3) is 16.9 Å². The molecule has 0 aliphatic carbocycles. The smallest absolute Gasteiger partial charge is 0.247 e. The SMILES string of the molecule is C=CC(=O)Nc1cccc(-c2cnc3cnc(Nc4ccc(N5CCN(CCOC)CC5)c(F)c4F)cn23)c1. The lowest BCUT2D eigenvalue weighted by Crippen LogP contribution is -2.47. The molecule has 1 amide bonds. The highest BCUT2D eigenvalue weighted by Gasteiger charge is 2.23. The first-order valence-corrected chi connectivity index (χ1v) is 12.5. The summed E-state index contributed by atoms with van der Waals surface area (Å²) in [7, 11) is 1.67. The standard InChI is InChI=1S/C28H29F2N7O2/c1-3-26(38)33-20-6-4-5-19(15-20)23-16-32-25-17-31-24(18-37(23)25)34-21-7-8-22(28(30)27(21)29)36-11-9-35(10-12-36)13-14-39-2/h3-8,15-18,34H,1,9-14H2,2H3,(H,33,38). The number of methoxy groups -OCH3 is 1. The van der Waals surface area contributed by atoms with Gasteiger partial charge in [0.1, 0.15) is 5.82 Å². The number of nitrogens with one attached hydrogen (secondary N) is 2. The zero-order valence-corrected chi connectivity index (χ0v) is 21.5. The van der Waals surface area contributed by atoms with Crippen LogP contribution in [-0.2, 0) is 9.53 Å². The molecule has 0 saturated carbocycles. The summed E-state index contributed by atoms with van der Waals surface area (Å²) in [5.41, 5.74) is 2.93. The molecule has 2 aromatic carbocycles. The number of hydrogen-bond donors (Lipinski definition) is 2. The molecule has 39 heavy (non-hydrogen) atoms. The lowest BCUT2D eigenvalue weighted by atomic mass is 10.1. The summed E-state index contributed by atoms with van der Waals surface area (Å²) in [6.45, 7) is 7.65. The quantitative estimate of drug-likeness (QED) is 0.310. The number of nitrogens with zero attached hydrogens (tertiary/aromatic N) is 5. The van der Waals surface area contributed by atoms with Crippen molar-refractivity contribution >= 4 is 34.4 Å². The Labute approximate surface area is 224 Å². The normalized spacial score (nSPS) is 14.0. The summed E-state index contributed by atoms with van der Waals surface area (Å²) in [6, 6.07) is 10.4. The zero-order valence-electron chi connectivity index (χ0n) is 21.5. The number of ether oxygens (including phenoxy) is 1. The van der Waals surface area contributed by atoms with Crippen molar-refractivity contribution in [3.63, 3.8) is 0 Å². The Morgan fingerprint density at radius 2 is 1.92 bits per heavy atom. The summed E-state index contributed by atoms with van der Waals surface area (Å²) in [5.74, 6) is -1.86. The number of aromatic nitrogens is 3. The van der Waals surface area contributed by atoms with E-state index in [0.29, 0.717) is 36.8 Å². The van der Waals surface area contributed by atoms with Crippen LogP contribution >= 0.6 is 0 Å². The molecule has 1 fully saturated rings. The number of amides is 1. The van der Waals surface area contributed by atoms with Crippen molar-refractivity contribution < 1.29 is 18.3 Å². The molecule has 3 heterocycles. The number of carbonyl (C=O) groups is 1. The van der Waals surface area contributed by atoms with Crippen molar-refractivity contribution in [2.24, 2.45) is 0 Å². The summed E-state index contributed by atoms with van der Waals surface area (Å²) >= 11 is 0. The van der Waals surface area contributed by atoms with Crippen LogP contribution in [0.1, 0.15) is 0 Å². The van der Waals surface area contributed by atoms with Crippen molar-refractivity contribution in [3.05, 3.63) is 79.3 Å². The maximum Gasteiger partial charge on any atom is 0.247 e. The number of halogens is 2. The first-order chi connectivity index (χ1) is 19.0. The van der Waals surface area contributed by atoms with E-state index in [0.717, 1.165) is 30.9 Å². The van der Waals surface area contributed by atoms with Gasteiger partial charge in [0.2, 0.25) is 5.91 Å². The van der Waals surface area contributed by atoms with Crippen LogP contribution in [-0.4, -0.2) is 71.6 Å². The Balaban J connectivity index is 1.35. The van der Waals surface area contributed by atoms with Gasteiger partial charge < -0.3 is 20.3 Å². The zero-order chi connectivity index (χ0) is 27.4. The highest BCUT2D eigenvalue weighted by Crippen LogP contribution is 2.30. The largest absolute Gasteiger partial charge is 0.383 e. The molecule has 1 aliphatic rings. The predicted octanol–water partition coefficient (Wildman–Crippen LogP) is 4.31. The van der Waals surface area contributed by atoms with Crippen LogP contribution in [0.2, 0.25) is 0 Å². The lowest BCUT2D eigenvalue weighted by Gasteiger charge is -2.36. The van der Waals surface area contributed by atoms with Gasteiger partial charge in [0.05, 0.1) is 42.3 Å². The molecule has 202 valence electrons. The molecule has 0 radical (unpaired) electrons. The molecular formula is C28H29F2N7O2. The molecule has 0 bridgehead atoms. The fraction of sp³-hybridized carbons (Fsp3) is 0.250. The van der Waals surface area contributed by atoms with Gasteiger partial charge in [-0.1, -0.05) is 18.7 Å². The minimum absolute atomic E-state index is 0.0161. The fourth-order valence-electron chi connectivity index (χ4n) is 4.57. The number of piperazine rings is 1. The maximum atomic E-state index is 15.1. The number of anilines is 4. The molecule has 1 saturated heterocycles. The second-order valence-electron chi connectivity index (χ2n) is 9.13. The third kappa shape index (κ3) is 5.74. The topological polar surface area (TPSA) is 87.0 Å². The number of rotatable bonds is 9. The van der Waals surface area contributed by atoms with E-state index >= 15 is 8.78 Å². The van der Waals surface area contributed by atoms with E-state index in [4.69, 9.17) is 4.74 Å². The highest BCUT2D eigenvalue weighted by molar-refractivity contribution is 5.99. The Morgan fingerprint density at radius 1 is 1.10 bits per heavy atom. The van der Waals surface area contributed by atoms with Gasteiger partial charge in [0.25, 0.3) is 0 Å². The number of benzene rings is 2. The molecule has 0 unspecified atom stereocenters. The van der Waals surface area contributed by atoms with Crippen LogP contribution in [0.15, 0.2) is 67.6 Å². The molecule has 1 aliphatic heterocycles. The van der Waals surface area contributed by atoms with E-state index in [1.807, 2.05) is 23.1 Å². The Kier molecular flexibility index (Phi) is 7.80. The number of imidazole rings is 1. The molecule has 11 heteroatoms. The summed E-state index contributed by atoms with van der Waals surface area (Å²) in [6.07, 6.45) is 6.08. The summed E-state index contributed by atoms with van der Waals surface area (Å²) in [4.78, 5) is 24.5. The van der Waals surface area contributed by atoms with E-state index in [9.17, 15) is 4.79 Å². The number of fused-ring (bicyclic) bond motifs is 1. The van der Waals surface area contributed by atoms with Gasteiger partial charge in [-0.05, 0) is 30.3 Å². The minimum atomic E-state index is -0.965. The van der Waals surface area contributed by atoms with Gasteiger partial charge in [0.15, 0.2) is 17.3 Å². The van der Waals surface area contributed by atoms with Gasteiger partial charge in [-0.3, -0.25) is 14.1 Å². The van der Waals surface area contributed by atoms with Crippen LogP contribution in [0.5, 0.6) is 0 Å². The van der Waals surface area contributed by atoms with Crippen molar-refractivity contribution in [2.75, 3.05) is 62.0 Å². The molecule has 2 aromatic heterocycles. The first kappa shape index (κ1) is 26.3. The van der Waals surface area contributed by atoms with Crippen molar-refractivity contribution in [1.29, 1.82) is 0 Å². The molecule has 9 nitrogen and oxygen atoms in total. The predicted molar refractivity (Wildman–Crippen MR) is 147 cm³/mol. The van der Waals surface area contributed by atoms with Crippen molar-refractivity contribution in [3.8, 4) is 11.3 Å². The monoisotopic (exact) mass is 533 g/mol. The number of carbonyl (C=O) groups excluding carboxylic acids is 1. The van der Waals surface area contributed by atoms with Crippen LogP contribution in [0, 0.1) is 11.6 Å². The number of hydrogen-bond acceptors (Lipinski definition) is 7. The molecule has 4 aromatic rings. The lowest BCUT2D eigenvalue weighted by molar-refractivity contribution is -0.111. The Hall–Kier alpha value is -4.35. The van der Waals surface area contributed by atoms with Crippen molar-refractivity contribution in [1.82, 2.24) is 19.3 Å². The molecular weight excluding hydrogens is 504 g/mol.